The monoisotopic (exact) mass is 358 g/mol. The van der Waals surface area contributed by atoms with Crippen molar-refractivity contribution in [2.24, 2.45) is 0 Å². The van der Waals surface area contributed by atoms with Gasteiger partial charge >= 0.3 is 13.2 Å². The van der Waals surface area contributed by atoms with Crippen LogP contribution < -0.4 is 15.7 Å². The van der Waals surface area contributed by atoms with Gasteiger partial charge in [-0.1, -0.05) is 6.07 Å². The molecule has 26 heavy (non-hydrogen) atoms. The fourth-order valence-electron chi connectivity index (χ4n) is 2.75. The van der Waals surface area contributed by atoms with Gasteiger partial charge in [0.15, 0.2) is 0 Å². The summed E-state index contributed by atoms with van der Waals surface area (Å²) in [5.41, 5.74) is 0.965. The van der Waals surface area contributed by atoms with Gasteiger partial charge in [-0.25, -0.2) is 9.69 Å². The summed E-state index contributed by atoms with van der Waals surface area (Å²) >= 11 is 0. The highest BCUT2D eigenvalue weighted by molar-refractivity contribution is 6.62. The maximum absolute atomic E-state index is 12.6. The first-order valence-corrected chi connectivity index (χ1v) is 8.85. The van der Waals surface area contributed by atoms with E-state index in [0.29, 0.717) is 5.69 Å². The lowest BCUT2D eigenvalue weighted by atomic mass is 9.78. The van der Waals surface area contributed by atoms with Crippen molar-refractivity contribution in [3.63, 3.8) is 0 Å². The Morgan fingerprint density at radius 1 is 1.15 bits per heavy atom. The van der Waals surface area contributed by atoms with Gasteiger partial charge in [0.25, 0.3) is 0 Å². The number of carbonyl (C=O) groups is 1. The van der Waals surface area contributed by atoms with Crippen molar-refractivity contribution in [3.8, 4) is 0 Å². The zero-order valence-corrected chi connectivity index (χ0v) is 16.5. The van der Waals surface area contributed by atoms with E-state index in [4.69, 9.17) is 14.0 Å². The first-order valence-electron chi connectivity index (χ1n) is 8.85. The molecule has 0 unspecified atom stereocenters. The van der Waals surface area contributed by atoms with Crippen LogP contribution in [0, 0.1) is 0 Å². The van der Waals surface area contributed by atoms with Crippen molar-refractivity contribution in [2.75, 3.05) is 10.2 Å². The smallest absolute Gasteiger partial charge is 0.443 e. The maximum atomic E-state index is 12.6. The molecule has 1 aromatic rings. The summed E-state index contributed by atoms with van der Waals surface area (Å²) in [6.45, 7) is 13.6. The van der Waals surface area contributed by atoms with E-state index in [1.54, 1.807) is 12.4 Å². The minimum Gasteiger partial charge on any atom is -0.443 e. The lowest BCUT2D eigenvalue weighted by Crippen LogP contribution is -2.41. The standard InChI is InChI=1S/C19H27BN2O4/c1-17(2,3)24-16(23)22-11-10-21-14-9-8-13(12-15(14)22)20-25-18(4,5)19(6,7)26-20/h8-12,21H,1-7H3. The molecule has 2 heterocycles. The molecule has 0 radical (unpaired) electrons. The van der Waals surface area contributed by atoms with E-state index in [2.05, 4.69) is 5.32 Å². The molecule has 1 N–H and O–H groups in total. The topological polar surface area (TPSA) is 60.0 Å². The molecule has 1 aromatic carbocycles. The summed E-state index contributed by atoms with van der Waals surface area (Å²) in [6, 6.07) is 5.76. The fourth-order valence-corrected chi connectivity index (χ4v) is 2.75. The quantitative estimate of drug-likeness (QED) is 0.777. The van der Waals surface area contributed by atoms with E-state index in [0.717, 1.165) is 11.2 Å². The Morgan fingerprint density at radius 3 is 2.35 bits per heavy atom. The van der Waals surface area contributed by atoms with E-state index in [1.807, 2.05) is 66.7 Å². The molecule has 1 saturated heterocycles. The number of ether oxygens (including phenoxy) is 1. The first-order chi connectivity index (χ1) is 11.9. The highest BCUT2D eigenvalue weighted by Gasteiger charge is 2.51. The molecular weight excluding hydrogens is 331 g/mol. The maximum Gasteiger partial charge on any atom is 0.494 e. The Balaban J connectivity index is 1.90. The minimum absolute atomic E-state index is 0.420. The van der Waals surface area contributed by atoms with Crippen LogP contribution in [0.25, 0.3) is 0 Å². The molecule has 140 valence electrons. The van der Waals surface area contributed by atoms with Crippen LogP contribution in [-0.2, 0) is 14.0 Å². The fraction of sp³-hybridized carbons (Fsp3) is 0.526. The van der Waals surface area contributed by atoms with Crippen molar-refractivity contribution in [2.45, 2.75) is 65.3 Å². The average molecular weight is 358 g/mol. The molecule has 2 aliphatic heterocycles. The van der Waals surface area contributed by atoms with Gasteiger partial charge in [0.2, 0.25) is 0 Å². The van der Waals surface area contributed by atoms with E-state index in [9.17, 15) is 4.79 Å². The van der Waals surface area contributed by atoms with E-state index in [1.165, 1.54) is 4.90 Å². The van der Waals surface area contributed by atoms with Gasteiger partial charge in [-0.15, -0.1) is 0 Å². The van der Waals surface area contributed by atoms with Crippen molar-refractivity contribution in [1.82, 2.24) is 0 Å². The summed E-state index contributed by atoms with van der Waals surface area (Å²) in [5, 5.41) is 3.15. The predicted octanol–water partition coefficient (Wildman–Crippen LogP) is 3.62. The molecule has 1 fully saturated rings. The van der Waals surface area contributed by atoms with Gasteiger partial charge in [0.05, 0.1) is 22.6 Å². The number of amides is 1. The van der Waals surface area contributed by atoms with Crippen molar-refractivity contribution in [1.29, 1.82) is 0 Å². The molecule has 7 heteroatoms. The normalized spacial score (nSPS) is 20.6. The Labute approximate surface area is 155 Å². The molecule has 0 atom stereocenters. The van der Waals surface area contributed by atoms with Crippen LogP contribution in [0.3, 0.4) is 0 Å². The van der Waals surface area contributed by atoms with E-state index >= 15 is 0 Å². The van der Waals surface area contributed by atoms with Crippen molar-refractivity contribution >= 4 is 30.0 Å². The molecule has 0 aromatic heterocycles. The largest absolute Gasteiger partial charge is 0.494 e. The third kappa shape index (κ3) is 3.46. The van der Waals surface area contributed by atoms with Crippen LogP contribution in [0.4, 0.5) is 16.2 Å². The highest BCUT2D eigenvalue weighted by atomic mass is 16.7. The number of benzene rings is 1. The van der Waals surface area contributed by atoms with Crippen LogP contribution in [0.2, 0.25) is 0 Å². The van der Waals surface area contributed by atoms with Crippen LogP contribution in [0.5, 0.6) is 0 Å². The van der Waals surface area contributed by atoms with E-state index in [-0.39, 0.29) is 0 Å². The Bertz CT molecular complexity index is 736. The molecule has 0 saturated carbocycles. The number of hydrogen-bond acceptors (Lipinski definition) is 5. The van der Waals surface area contributed by atoms with Gasteiger partial charge in [-0.2, -0.15) is 0 Å². The van der Waals surface area contributed by atoms with Crippen molar-refractivity contribution < 1.29 is 18.8 Å². The number of anilines is 2. The highest BCUT2D eigenvalue weighted by Crippen LogP contribution is 2.37. The minimum atomic E-state index is -0.570. The lowest BCUT2D eigenvalue weighted by Gasteiger charge is -2.32. The molecule has 3 rings (SSSR count). The molecule has 0 aliphatic carbocycles. The van der Waals surface area contributed by atoms with Gasteiger partial charge in [-0.3, -0.25) is 0 Å². The lowest BCUT2D eigenvalue weighted by molar-refractivity contribution is 0.00578. The number of nitrogens with zero attached hydrogens (tertiary/aromatic N) is 1. The number of nitrogens with one attached hydrogen (secondary N) is 1. The number of carbonyl (C=O) groups excluding carboxylic acids is 1. The third-order valence-corrected chi connectivity index (χ3v) is 4.86. The average Bonchev–Trinajstić information content (AvgIpc) is 2.72. The Morgan fingerprint density at radius 2 is 1.77 bits per heavy atom. The summed E-state index contributed by atoms with van der Waals surface area (Å²) in [6.07, 6.45) is 2.94. The number of rotatable bonds is 1. The summed E-state index contributed by atoms with van der Waals surface area (Å²) in [7, 11) is -0.489. The number of hydrogen-bond donors (Lipinski definition) is 1. The second kappa shape index (κ2) is 6.03. The summed E-state index contributed by atoms with van der Waals surface area (Å²) < 4.78 is 17.8. The first kappa shape index (κ1) is 18.8. The molecule has 0 spiro atoms. The van der Waals surface area contributed by atoms with Crippen molar-refractivity contribution in [3.05, 3.63) is 30.6 Å². The van der Waals surface area contributed by atoms with Crippen LogP contribution in [0.15, 0.2) is 30.6 Å². The SMILES string of the molecule is CC(C)(C)OC(=O)N1C=CNc2ccc(B3OC(C)(C)C(C)(C)O3)cc21. The predicted molar refractivity (Wildman–Crippen MR) is 104 cm³/mol. The molecular formula is C19H27BN2O4. The van der Waals surface area contributed by atoms with Gasteiger partial charge in [0, 0.05) is 12.4 Å². The summed E-state index contributed by atoms with van der Waals surface area (Å²) in [5.74, 6) is 0. The molecule has 2 aliphatic rings. The molecule has 1 amide bonds. The molecule has 0 bridgehead atoms. The van der Waals surface area contributed by atoms with E-state index < -0.39 is 30.0 Å². The zero-order valence-electron chi connectivity index (χ0n) is 16.5. The molecule has 6 nitrogen and oxygen atoms in total. The zero-order chi connectivity index (χ0) is 19.3. The van der Waals surface area contributed by atoms with Crippen LogP contribution in [-0.4, -0.2) is 30.0 Å². The third-order valence-electron chi connectivity index (χ3n) is 4.86. The Kier molecular flexibility index (Phi) is 4.36. The van der Waals surface area contributed by atoms with Crippen LogP contribution in [0.1, 0.15) is 48.5 Å². The van der Waals surface area contributed by atoms with Gasteiger partial charge in [0.1, 0.15) is 5.60 Å². The summed E-state index contributed by atoms with van der Waals surface area (Å²) in [4.78, 5) is 14.1. The second-order valence-electron chi connectivity index (χ2n) is 8.68. The van der Waals surface area contributed by atoms with Gasteiger partial charge < -0.3 is 19.4 Å². The second-order valence-corrected chi connectivity index (χ2v) is 8.68. The van der Waals surface area contributed by atoms with Gasteiger partial charge in [-0.05, 0) is 66.1 Å². The van der Waals surface area contributed by atoms with Crippen LogP contribution >= 0.6 is 0 Å². The number of fused-ring (bicyclic) bond motifs is 1. The Hall–Kier alpha value is -1.99.